The summed E-state index contributed by atoms with van der Waals surface area (Å²) in [6.45, 7) is 0. The zero-order valence-electron chi connectivity index (χ0n) is 7.40. The summed E-state index contributed by atoms with van der Waals surface area (Å²) in [5.74, 6) is 0. The molecule has 0 N–H and O–H groups in total. The summed E-state index contributed by atoms with van der Waals surface area (Å²) in [5.41, 5.74) is 2.00. The van der Waals surface area contributed by atoms with Crippen LogP contribution in [-0.4, -0.2) is 4.98 Å². The Labute approximate surface area is 80.5 Å². The van der Waals surface area contributed by atoms with Gasteiger partial charge in [-0.2, -0.15) is 0 Å². The molecule has 0 amide bonds. The molecule has 0 saturated carbocycles. The maximum atomic E-state index is 11.2. The minimum absolute atomic E-state index is 0.186. The number of hydrogen-bond acceptors (Lipinski definition) is 2. The topological polar surface area (TPSA) is 30.0 Å². The van der Waals surface area contributed by atoms with E-state index in [2.05, 4.69) is 4.98 Å². The lowest BCUT2D eigenvalue weighted by Crippen LogP contribution is -1.97. The lowest BCUT2D eigenvalue weighted by atomic mass is 10.1. The predicted octanol–water partition coefficient (Wildman–Crippen LogP) is 2.08. The van der Waals surface area contributed by atoms with Gasteiger partial charge in [0.1, 0.15) is 0 Å². The highest BCUT2D eigenvalue weighted by molar-refractivity contribution is 6.03. The Balaban J connectivity index is 2.67. The first-order valence-electron chi connectivity index (χ1n) is 4.46. The molecule has 66 valence electrons. The van der Waals surface area contributed by atoms with E-state index in [1.165, 1.54) is 0 Å². The van der Waals surface area contributed by atoms with E-state index in [1.54, 1.807) is 12.3 Å². The number of hydrogen-bond donors (Lipinski definition) is 0. The molecule has 2 heteroatoms. The third-order valence-corrected chi connectivity index (χ3v) is 2.47. The Morgan fingerprint density at radius 3 is 2.86 bits per heavy atom. The standard InChI is InChI=1S/C12H7NO/c14-11-6-9-3-1-2-8-4-5-10(7-13-11)12(8)9/h1-7H. The average Bonchev–Trinajstić information content (AvgIpc) is 2.51. The first-order valence-corrected chi connectivity index (χ1v) is 4.46. The molecule has 0 radical (unpaired) electrons. The van der Waals surface area contributed by atoms with Gasteiger partial charge in [0.15, 0.2) is 0 Å². The second-order valence-corrected chi connectivity index (χ2v) is 3.34. The summed E-state index contributed by atoms with van der Waals surface area (Å²) in [6.07, 6.45) is 5.67. The molecule has 2 aromatic rings. The van der Waals surface area contributed by atoms with E-state index >= 15 is 0 Å². The smallest absolute Gasteiger partial charge is 0.267 e. The van der Waals surface area contributed by atoms with Crippen molar-refractivity contribution in [3.05, 3.63) is 51.9 Å². The van der Waals surface area contributed by atoms with Gasteiger partial charge in [-0.1, -0.05) is 30.4 Å². The van der Waals surface area contributed by atoms with Crippen LogP contribution in [0.5, 0.6) is 0 Å². The van der Waals surface area contributed by atoms with Crippen LogP contribution in [0.3, 0.4) is 0 Å². The van der Waals surface area contributed by atoms with E-state index in [4.69, 9.17) is 0 Å². The molecule has 0 bridgehead atoms. The van der Waals surface area contributed by atoms with Crippen LogP contribution in [-0.2, 0) is 0 Å². The Hall–Kier alpha value is -1.96. The van der Waals surface area contributed by atoms with E-state index in [9.17, 15) is 4.79 Å². The fourth-order valence-corrected chi connectivity index (χ4v) is 1.86. The fourth-order valence-electron chi connectivity index (χ4n) is 1.86. The highest BCUT2D eigenvalue weighted by Crippen LogP contribution is 2.28. The molecule has 0 saturated heterocycles. The van der Waals surface area contributed by atoms with Crippen LogP contribution in [0.4, 0.5) is 0 Å². The summed E-state index contributed by atoms with van der Waals surface area (Å²) in [7, 11) is 0. The van der Waals surface area contributed by atoms with Crippen LogP contribution >= 0.6 is 0 Å². The first-order chi connectivity index (χ1) is 6.84. The molecule has 1 aromatic heterocycles. The molecule has 0 unspecified atom stereocenters. The fraction of sp³-hybridized carbons (Fsp3) is 0. The zero-order chi connectivity index (χ0) is 9.54. The van der Waals surface area contributed by atoms with Gasteiger partial charge in [-0.05, 0) is 16.3 Å². The van der Waals surface area contributed by atoms with Crippen molar-refractivity contribution in [1.82, 2.24) is 4.98 Å². The lowest BCUT2D eigenvalue weighted by Gasteiger charge is -1.94. The monoisotopic (exact) mass is 181 g/mol. The highest BCUT2D eigenvalue weighted by atomic mass is 16.1. The molecule has 0 fully saturated rings. The van der Waals surface area contributed by atoms with Crippen LogP contribution in [0.15, 0.2) is 35.3 Å². The van der Waals surface area contributed by atoms with Crippen LogP contribution in [0.2, 0.25) is 0 Å². The van der Waals surface area contributed by atoms with Crippen molar-refractivity contribution in [1.29, 1.82) is 0 Å². The Morgan fingerprint density at radius 2 is 1.93 bits per heavy atom. The van der Waals surface area contributed by atoms with E-state index in [-0.39, 0.29) is 5.56 Å². The molecule has 3 rings (SSSR count). The molecular weight excluding hydrogens is 174 g/mol. The van der Waals surface area contributed by atoms with Crippen LogP contribution < -0.4 is 5.56 Å². The highest BCUT2D eigenvalue weighted by Gasteiger charge is 2.07. The van der Waals surface area contributed by atoms with Crippen molar-refractivity contribution in [2.75, 3.05) is 0 Å². The van der Waals surface area contributed by atoms with Gasteiger partial charge in [0.2, 0.25) is 0 Å². The summed E-state index contributed by atoms with van der Waals surface area (Å²) in [6, 6.07) is 7.52. The minimum atomic E-state index is -0.186. The van der Waals surface area contributed by atoms with E-state index in [1.807, 2.05) is 30.4 Å². The number of nitrogens with zero attached hydrogens (tertiary/aromatic N) is 1. The zero-order valence-corrected chi connectivity index (χ0v) is 7.40. The SMILES string of the molecule is O=c1cc2cccc3c2c(cn1)C=C3. The van der Waals surface area contributed by atoms with Gasteiger partial charge < -0.3 is 0 Å². The van der Waals surface area contributed by atoms with Gasteiger partial charge in [0, 0.05) is 17.8 Å². The van der Waals surface area contributed by atoms with Crippen molar-refractivity contribution in [2.24, 2.45) is 0 Å². The molecule has 1 aromatic carbocycles. The largest absolute Gasteiger partial charge is 0.270 e. The molecule has 2 nitrogen and oxygen atoms in total. The lowest BCUT2D eigenvalue weighted by molar-refractivity contribution is 1.27. The molecule has 1 heterocycles. The van der Waals surface area contributed by atoms with Crippen LogP contribution in [0.25, 0.3) is 22.9 Å². The van der Waals surface area contributed by atoms with Gasteiger partial charge in [0.05, 0.1) is 0 Å². The van der Waals surface area contributed by atoms with Crippen LogP contribution in [0, 0.1) is 0 Å². The molecule has 1 aliphatic rings. The third-order valence-electron chi connectivity index (χ3n) is 2.47. The summed E-state index contributed by atoms with van der Waals surface area (Å²) in [4.78, 5) is 15.1. The molecule has 0 aliphatic heterocycles. The third kappa shape index (κ3) is 0.909. The van der Waals surface area contributed by atoms with Crippen LogP contribution in [0.1, 0.15) is 11.1 Å². The molecule has 0 atom stereocenters. The van der Waals surface area contributed by atoms with E-state index in [0.717, 1.165) is 21.9 Å². The Morgan fingerprint density at radius 1 is 1.07 bits per heavy atom. The maximum absolute atomic E-state index is 11.2. The average molecular weight is 181 g/mol. The minimum Gasteiger partial charge on any atom is -0.267 e. The van der Waals surface area contributed by atoms with Crippen molar-refractivity contribution in [3.63, 3.8) is 0 Å². The molecular formula is C12H7NO. The number of benzene rings is 1. The number of rotatable bonds is 0. The van der Waals surface area contributed by atoms with Crippen molar-refractivity contribution < 1.29 is 0 Å². The van der Waals surface area contributed by atoms with Crippen molar-refractivity contribution >= 4 is 22.9 Å². The number of aromatic nitrogens is 1. The van der Waals surface area contributed by atoms with Gasteiger partial charge >= 0.3 is 0 Å². The normalized spacial score (nSPS) is 12.3. The van der Waals surface area contributed by atoms with E-state index < -0.39 is 0 Å². The quantitative estimate of drug-likeness (QED) is 0.531. The molecule has 1 aliphatic carbocycles. The second-order valence-electron chi connectivity index (χ2n) is 3.34. The van der Waals surface area contributed by atoms with Crippen molar-refractivity contribution in [2.45, 2.75) is 0 Å². The van der Waals surface area contributed by atoms with Gasteiger partial charge in [0.25, 0.3) is 5.56 Å². The van der Waals surface area contributed by atoms with Gasteiger partial charge in [-0.15, -0.1) is 0 Å². The summed E-state index contributed by atoms with van der Waals surface area (Å²) >= 11 is 0. The molecule has 0 spiro atoms. The summed E-state index contributed by atoms with van der Waals surface area (Å²) < 4.78 is 0. The second kappa shape index (κ2) is 2.51. The summed E-state index contributed by atoms with van der Waals surface area (Å²) in [5, 5.41) is 2.09. The van der Waals surface area contributed by atoms with Crippen molar-refractivity contribution in [3.8, 4) is 0 Å². The Kier molecular flexibility index (Phi) is 1.34. The molecule has 14 heavy (non-hydrogen) atoms. The Bertz CT molecular complexity index is 614. The first kappa shape index (κ1) is 7.44. The van der Waals surface area contributed by atoms with Gasteiger partial charge in [-0.3, -0.25) is 4.79 Å². The van der Waals surface area contributed by atoms with Gasteiger partial charge in [-0.25, -0.2) is 4.98 Å². The maximum Gasteiger partial charge on any atom is 0.270 e. The van der Waals surface area contributed by atoms with E-state index in [0.29, 0.717) is 0 Å². The predicted molar refractivity (Wildman–Crippen MR) is 56.9 cm³/mol.